The SMILES string of the molecule is C=C1C(Br)=CC=C(c2ccc(OCC#N)cc2F)N1CC. The van der Waals surface area contributed by atoms with Gasteiger partial charge in [0, 0.05) is 28.4 Å². The Kier molecular flexibility index (Phi) is 4.81. The maximum atomic E-state index is 14.3. The van der Waals surface area contributed by atoms with Gasteiger partial charge in [0.1, 0.15) is 17.6 Å². The summed E-state index contributed by atoms with van der Waals surface area (Å²) in [5.41, 5.74) is 2.01. The number of hydrogen-bond donors (Lipinski definition) is 0. The minimum absolute atomic E-state index is 0.102. The summed E-state index contributed by atoms with van der Waals surface area (Å²) in [6.45, 7) is 6.55. The predicted molar refractivity (Wildman–Crippen MR) is 84.0 cm³/mol. The first-order valence-corrected chi connectivity index (χ1v) is 7.21. The fourth-order valence-electron chi connectivity index (χ4n) is 2.12. The van der Waals surface area contributed by atoms with Crippen molar-refractivity contribution in [2.75, 3.05) is 13.2 Å². The maximum absolute atomic E-state index is 14.3. The van der Waals surface area contributed by atoms with Crippen LogP contribution in [-0.4, -0.2) is 18.1 Å². The topological polar surface area (TPSA) is 36.3 Å². The van der Waals surface area contributed by atoms with Gasteiger partial charge in [0.05, 0.1) is 5.70 Å². The lowest BCUT2D eigenvalue weighted by molar-refractivity contribution is 0.365. The van der Waals surface area contributed by atoms with Crippen LogP contribution in [0, 0.1) is 17.1 Å². The van der Waals surface area contributed by atoms with Gasteiger partial charge < -0.3 is 9.64 Å². The fraction of sp³-hybridized carbons (Fsp3) is 0.188. The van der Waals surface area contributed by atoms with E-state index in [1.165, 1.54) is 6.07 Å². The number of ether oxygens (including phenoxy) is 1. The summed E-state index contributed by atoms with van der Waals surface area (Å²) in [4.78, 5) is 1.93. The number of hydrogen-bond acceptors (Lipinski definition) is 3. The molecule has 0 saturated carbocycles. The third-order valence-electron chi connectivity index (χ3n) is 3.12. The average Bonchev–Trinajstić information content (AvgIpc) is 2.48. The van der Waals surface area contributed by atoms with Crippen LogP contribution in [-0.2, 0) is 0 Å². The van der Waals surface area contributed by atoms with Crippen molar-refractivity contribution in [2.24, 2.45) is 0 Å². The molecule has 5 heteroatoms. The van der Waals surface area contributed by atoms with Crippen LogP contribution in [0.15, 0.2) is 47.1 Å². The monoisotopic (exact) mass is 348 g/mol. The van der Waals surface area contributed by atoms with Crippen LogP contribution in [0.25, 0.3) is 5.70 Å². The fourth-order valence-corrected chi connectivity index (χ4v) is 2.46. The highest BCUT2D eigenvalue weighted by atomic mass is 79.9. The Morgan fingerprint density at radius 3 is 2.81 bits per heavy atom. The predicted octanol–water partition coefficient (Wildman–Crippen LogP) is 4.20. The van der Waals surface area contributed by atoms with Gasteiger partial charge in [-0.15, -0.1) is 0 Å². The van der Waals surface area contributed by atoms with Crippen molar-refractivity contribution in [2.45, 2.75) is 6.92 Å². The summed E-state index contributed by atoms with van der Waals surface area (Å²) in [5.74, 6) is -0.0535. The van der Waals surface area contributed by atoms with Crippen LogP contribution in [0.1, 0.15) is 12.5 Å². The molecule has 0 amide bonds. The lowest BCUT2D eigenvalue weighted by Gasteiger charge is -2.30. The highest BCUT2D eigenvalue weighted by molar-refractivity contribution is 9.12. The summed E-state index contributed by atoms with van der Waals surface area (Å²) in [7, 11) is 0. The Labute approximate surface area is 131 Å². The molecule has 0 atom stereocenters. The molecule has 0 aliphatic carbocycles. The average molecular weight is 349 g/mol. The van der Waals surface area contributed by atoms with Crippen LogP contribution in [0.5, 0.6) is 5.75 Å². The normalized spacial score (nSPS) is 14.4. The molecular formula is C16H14BrFN2O. The first-order valence-electron chi connectivity index (χ1n) is 6.42. The van der Waals surface area contributed by atoms with Crippen LogP contribution in [0.4, 0.5) is 4.39 Å². The molecule has 0 fully saturated rings. The number of rotatable bonds is 4. The van der Waals surface area contributed by atoms with Crippen molar-refractivity contribution in [3.8, 4) is 11.8 Å². The molecule has 1 heterocycles. The van der Waals surface area contributed by atoms with Crippen molar-refractivity contribution in [3.05, 3.63) is 58.5 Å². The zero-order chi connectivity index (χ0) is 15.4. The zero-order valence-electron chi connectivity index (χ0n) is 11.6. The second kappa shape index (κ2) is 6.59. The van der Waals surface area contributed by atoms with E-state index in [1.54, 1.807) is 12.1 Å². The molecule has 0 bridgehead atoms. The first kappa shape index (κ1) is 15.3. The molecule has 0 N–H and O–H groups in total. The van der Waals surface area contributed by atoms with E-state index in [2.05, 4.69) is 22.5 Å². The van der Waals surface area contributed by atoms with Crippen LogP contribution >= 0.6 is 15.9 Å². The second-order valence-corrected chi connectivity index (χ2v) is 5.20. The third kappa shape index (κ3) is 3.17. The largest absolute Gasteiger partial charge is 0.479 e. The quantitative estimate of drug-likeness (QED) is 0.818. The Morgan fingerprint density at radius 2 is 2.19 bits per heavy atom. The van der Waals surface area contributed by atoms with Crippen molar-refractivity contribution < 1.29 is 9.13 Å². The lowest BCUT2D eigenvalue weighted by Crippen LogP contribution is -2.23. The van der Waals surface area contributed by atoms with Gasteiger partial charge >= 0.3 is 0 Å². The van der Waals surface area contributed by atoms with Gasteiger partial charge in [-0.3, -0.25) is 0 Å². The molecule has 2 rings (SSSR count). The highest BCUT2D eigenvalue weighted by Gasteiger charge is 2.20. The molecular weight excluding hydrogens is 335 g/mol. The number of benzene rings is 1. The number of nitrogens with zero attached hydrogens (tertiary/aromatic N) is 2. The number of likely N-dealkylation sites (N-methyl/N-ethyl adjacent to an activating group) is 1. The van der Waals surface area contributed by atoms with Crippen molar-refractivity contribution in [1.29, 1.82) is 5.26 Å². The van der Waals surface area contributed by atoms with Gasteiger partial charge in [-0.25, -0.2) is 4.39 Å². The Hall–Kier alpha value is -2.06. The van der Waals surface area contributed by atoms with Crippen molar-refractivity contribution >= 4 is 21.6 Å². The minimum atomic E-state index is -0.394. The van der Waals surface area contributed by atoms with E-state index in [4.69, 9.17) is 10.00 Å². The number of nitriles is 1. The molecule has 21 heavy (non-hydrogen) atoms. The zero-order valence-corrected chi connectivity index (χ0v) is 13.2. The molecule has 3 nitrogen and oxygen atoms in total. The van der Waals surface area contributed by atoms with E-state index >= 15 is 0 Å². The van der Waals surface area contributed by atoms with E-state index in [0.29, 0.717) is 17.9 Å². The lowest BCUT2D eigenvalue weighted by atomic mass is 10.1. The molecule has 0 radical (unpaired) electrons. The Bertz CT molecular complexity index is 673. The first-order chi connectivity index (χ1) is 10.1. The number of halogens is 2. The molecule has 108 valence electrons. The van der Waals surface area contributed by atoms with E-state index in [1.807, 2.05) is 30.0 Å². The van der Waals surface area contributed by atoms with E-state index in [-0.39, 0.29) is 6.61 Å². The van der Waals surface area contributed by atoms with Crippen LogP contribution in [0.3, 0.4) is 0 Å². The van der Waals surface area contributed by atoms with Gasteiger partial charge in [-0.1, -0.05) is 6.58 Å². The Balaban J connectivity index is 2.37. The minimum Gasteiger partial charge on any atom is -0.479 e. The second-order valence-electron chi connectivity index (χ2n) is 4.35. The van der Waals surface area contributed by atoms with Crippen LogP contribution in [0.2, 0.25) is 0 Å². The summed E-state index contributed by atoms with van der Waals surface area (Å²) in [6.07, 6.45) is 3.69. The van der Waals surface area contributed by atoms with E-state index < -0.39 is 5.82 Å². The van der Waals surface area contributed by atoms with Crippen molar-refractivity contribution in [3.63, 3.8) is 0 Å². The molecule has 0 saturated heterocycles. The van der Waals surface area contributed by atoms with Gasteiger partial charge in [-0.2, -0.15) is 5.26 Å². The van der Waals surface area contributed by atoms with Gasteiger partial charge in [0.25, 0.3) is 0 Å². The summed E-state index contributed by atoms with van der Waals surface area (Å²) < 4.78 is 20.3. The maximum Gasteiger partial charge on any atom is 0.174 e. The molecule has 0 unspecified atom stereocenters. The summed E-state index contributed by atoms with van der Waals surface area (Å²) in [6, 6.07) is 6.44. The summed E-state index contributed by atoms with van der Waals surface area (Å²) >= 11 is 3.42. The number of allylic oxidation sites excluding steroid dienone is 3. The molecule has 0 spiro atoms. The Morgan fingerprint density at radius 1 is 1.43 bits per heavy atom. The molecule has 1 aromatic carbocycles. The smallest absolute Gasteiger partial charge is 0.174 e. The third-order valence-corrected chi connectivity index (χ3v) is 3.84. The highest BCUT2D eigenvalue weighted by Crippen LogP contribution is 2.34. The molecule has 1 aliphatic rings. The molecule has 0 aromatic heterocycles. The van der Waals surface area contributed by atoms with E-state index in [9.17, 15) is 4.39 Å². The molecule has 1 aromatic rings. The summed E-state index contributed by atoms with van der Waals surface area (Å²) in [5, 5.41) is 8.47. The van der Waals surface area contributed by atoms with Gasteiger partial charge in [0.15, 0.2) is 6.61 Å². The van der Waals surface area contributed by atoms with E-state index in [0.717, 1.165) is 15.9 Å². The van der Waals surface area contributed by atoms with Gasteiger partial charge in [-0.05, 0) is 47.1 Å². The van der Waals surface area contributed by atoms with Crippen molar-refractivity contribution in [1.82, 2.24) is 4.90 Å². The van der Waals surface area contributed by atoms with Gasteiger partial charge in [0.2, 0.25) is 0 Å². The standard InChI is InChI=1S/C16H14BrFN2O/c1-3-20-11(2)14(17)6-7-16(20)13-5-4-12(10-15(13)18)21-9-8-19/h4-7,10H,2-3,9H2,1H3. The van der Waals surface area contributed by atoms with Crippen LogP contribution < -0.4 is 4.74 Å². The molecule has 1 aliphatic heterocycles.